The lowest BCUT2D eigenvalue weighted by Gasteiger charge is -2.10. The fraction of sp³-hybridized carbons (Fsp3) is 0.400. The molecule has 0 spiro atoms. The van der Waals surface area contributed by atoms with Crippen LogP contribution in [-0.2, 0) is 0 Å². The van der Waals surface area contributed by atoms with Gasteiger partial charge in [0, 0.05) is 4.90 Å². The lowest BCUT2D eigenvalue weighted by Crippen LogP contribution is -2.16. The monoisotopic (exact) mass is 197 g/mol. The van der Waals surface area contributed by atoms with Gasteiger partial charge in [0.2, 0.25) is 0 Å². The molecule has 0 unspecified atom stereocenters. The van der Waals surface area contributed by atoms with Crippen molar-refractivity contribution in [3.05, 3.63) is 29.6 Å². The minimum absolute atomic E-state index is 0.0669. The first-order valence-corrected chi connectivity index (χ1v) is 5.15. The number of aryl methyl sites for hydroxylation is 1. The van der Waals surface area contributed by atoms with Crippen LogP contribution in [0.5, 0.6) is 0 Å². The van der Waals surface area contributed by atoms with E-state index in [1.807, 2.05) is 13.0 Å². The van der Waals surface area contributed by atoms with E-state index in [9.17, 15) is 4.39 Å². The zero-order chi connectivity index (χ0) is 9.47. The Morgan fingerprint density at radius 1 is 1.46 bits per heavy atom. The summed E-state index contributed by atoms with van der Waals surface area (Å²) < 4.78 is 12.8. The van der Waals surface area contributed by atoms with Gasteiger partial charge < -0.3 is 5.73 Å². The molecule has 0 saturated heterocycles. The zero-order valence-electron chi connectivity index (χ0n) is 7.51. The quantitative estimate of drug-likeness (QED) is 0.738. The number of benzene rings is 1. The van der Waals surface area contributed by atoms with Gasteiger partial charge in [0.05, 0.1) is 4.87 Å². The Morgan fingerprint density at radius 2 is 2.15 bits per heavy atom. The lowest BCUT2D eigenvalue weighted by molar-refractivity contribution is 0.625. The molecule has 0 aromatic heterocycles. The summed E-state index contributed by atoms with van der Waals surface area (Å²) in [5.74, 6) is -0.177. The average Bonchev–Trinajstić information content (AvgIpc) is 2.75. The summed E-state index contributed by atoms with van der Waals surface area (Å²) in [5.41, 5.74) is 6.93. The highest BCUT2D eigenvalue weighted by molar-refractivity contribution is 8.01. The van der Waals surface area contributed by atoms with Crippen molar-refractivity contribution in [1.82, 2.24) is 0 Å². The van der Waals surface area contributed by atoms with Crippen LogP contribution in [0.1, 0.15) is 18.4 Å². The van der Waals surface area contributed by atoms with Crippen LogP contribution in [0.2, 0.25) is 0 Å². The van der Waals surface area contributed by atoms with E-state index in [1.54, 1.807) is 17.8 Å². The molecule has 0 atom stereocenters. The number of halogens is 1. The van der Waals surface area contributed by atoms with Gasteiger partial charge in [-0.05, 0) is 43.5 Å². The number of thioether (sulfide) groups is 1. The molecule has 1 aromatic carbocycles. The molecule has 1 nitrogen and oxygen atoms in total. The first-order valence-electron chi connectivity index (χ1n) is 4.33. The molecule has 1 aliphatic carbocycles. The van der Waals surface area contributed by atoms with Gasteiger partial charge in [-0.15, -0.1) is 11.8 Å². The van der Waals surface area contributed by atoms with Crippen LogP contribution in [0, 0.1) is 12.7 Å². The highest BCUT2D eigenvalue weighted by Gasteiger charge is 2.39. The van der Waals surface area contributed by atoms with E-state index >= 15 is 0 Å². The molecule has 2 rings (SSSR count). The van der Waals surface area contributed by atoms with Crippen molar-refractivity contribution in [2.24, 2.45) is 5.73 Å². The predicted molar refractivity (Wildman–Crippen MR) is 53.1 cm³/mol. The predicted octanol–water partition coefficient (Wildman–Crippen LogP) is 2.68. The molecule has 1 aromatic rings. The van der Waals surface area contributed by atoms with Gasteiger partial charge in [0.1, 0.15) is 5.82 Å². The Labute approximate surface area is 81.5 Å². The van der Waals surface area contributed by atoms with Crippen LogP contribution in [-0.4, -0.2) is 4.87 Å². The van der Waals surface area contributed by atoms with Gasteiger partial charge in [-0.25, -0.2) is 4.39 Å². The molecule has 1 saturated carbocycles. The maximum atomic E-state index is 12.8. The lowest BCUT2D eigenvalue weighted by atomic mass is 10.2. The highest BCUT2D eigenvalue weighted by atomic mass is 32.2. The molecule has 13 heavy (non-hydrogen) atoms. The fourth-order valence-corrected chi connectivity index (χ4v) is 2.27. The van der Waals surface area contributed by atoms with Crippen LogP contribution < -0.4 is 5.73 Å². The number of rotatable bonds is 2. The topological polar surface area (TPSA) is 26.0 Å². The standard InChI is InChI=1S/C10H12FNS/c1-7-6-8(11)2-3-9(7)13-10(12)4-5-10/h2-3,6H,4-5,12H2,1H3. The Kier molecular flexibility index (Phi) is 2.08. The van der Waals surface area contributed by atoms with Gasteiger partial charge in [-0.3, -0.25) is 0 Å². The molecule has 3 heteroatoms. The Morgan fingerprint density at radius 3 is 2.69 bits per heavy atom. The average molecular weight is 197 g/mol. The molecule has 1 fully saturated rings. The Hall–Kier alpha value is -0.540. The minimum Gasteiger partial charge on any atom is -0.317 e. The number of hydrogen-bond donors (Lipinski definition) is 1. The molecule has 0 aliphatic heterocycles. The summed E-state index contributed by atoms with van der Waals surface area (Å²) in [6, 6.07) is 4.84. The van der Waals surface area contributed by atoms with E-state index in [-0.39, 0.29) is 10.7 Å². The second kappa shape index (κ2) is 3.00. The summed E-state index contributed by atoms with van der Waals surface area (Å²) in [4.78, 5) is 1.03. The number of nitrogens with two attached hydrogens (primary N) is 1. The van der Waals surface area contributed by atoms with E-state index in [0.29, 0.717) is 0 Å². The van der Waals surface area contributed by atoms with Gasteiger partial charge >= 0.3 is 0 Å². The van der Waals surface area contributed by atoms with Crippen LogP contribution >= 0.6 is 11.8 Å². The highest BCUT2D eigenvalue weighted by Crippen LogP contribution is 2.47. The first-order chi connectivity index (χ1) is 6.09. The molecule has 0 bridgehead atoms. The summed E-state index contributed by atoms with van der Waals surface area (Å²) >= 11 is 1.66. The van der Waals surface area contributed by atoms with Crippen molar-refractivity contribution in [2.45, 2.75) is 29.5 Å². The van der Waals surface area contributed by atoms with Gasteiger partial charge in [-0.1, -0.05) is 0 Å². The van der Waals surface area contributed by atoms with Gasteiger partial charge in [-0.2, -0.15) is 0 Å². The van der Waals surface area contributed by atoms with Crippen LogP contribution in [0.3, 0.4) is 0 Å². The van der Waals surface area contributed by atoms with Crippen molar-refractivity contribution in [3.63, 3.8) is 0 Å². The minimum atomic E-state index is -0.177. The van der Waals surface area contributed by atoms with E-state index in [1.165, 1.54) is 6.07 Å². The second-order valence-electron chi connectivity index (χ2n) is 3.58. The molecule has 70 valence electrons. The van der Waals surface area contributed by atoms with Crippen LogP contribution in [0.4, 0.5) is 4.39 Å². The van der Waals surface area contributed by atoms with Gasteiger partial charge in [0.15, 0.2) is 0 Å². The maximum absolute atomic E-state index is 12.8. The van der Waals surface area contributed by atoms with Crippen molar-refractivity contribution in [2.75, 3.05) is 0 Å². The van der Waals surface area contributed by atoms with E-state index < -0.39 is 0 Å². The molecule has 0 heterocycles. The van der Waals surface area contributed by atoms with Crippen molar-refractivity contribution in [3.8, 4) is 0 Å². The molecule has 0 radical (unpaired) electrons. The van der Waals surface area contributed by atoms with E-state index in [0.717, 1.165) is 23.3 Å². The molecule has 1 aliphatic rings. The summed E-state index contributed by atoms with van der Waals surface area (Å²) in [7, 11) is 0. The summed E-state index contributed by atoms with van der Waals surface area (Å²) in [6.45, 7) is 1.91. The normalized spacial score (nSPS) is 18.7. The molecule has 2 N–H and O–H groups in total. The zero-order valence-corrected chi connectivity index (χ0v) is 8.33. The third-order valence-corrected chi connectivity index (χ3v) is 3.69. The van der Waals surface area contributed by atoms with E-state index in [2.05, 4.69) is 0 Å². The van der Waals surface area contributed by atoms with Crippen LogP contribution in [0.25, 0.3) is 0 Å². The molecule has 0 amide bonds. The smallest absolute Gasteiger partial charge is 0.123 e. The summed E-state index contributed by atoms with van der Waals surface area (Å²) in [6.07, 6.45) is 2.13. The summed E-state index contributed by atoms with van der Waals surface area (Å²) in [5, 5.41) is 0. The second-order valence-corrected chi connectivity index (χ2v) is 5.03. The van der Waals surface area contributed by atoms with Crippen molar-refractivity contribution >= 4 is 11.8 Å². The molecular formula is C10H12FNS. The fourth-order valence-electron chi connectivity index (χ4n) is 1.17. The SMILES string of the molecule is Cc1cc(F)ccc1SC1(N)CC1. The third-order valence-electron chi connectivity index (χ3n) is 2.19. The van der Waals surface area contributed by atoms with Gasteiger partial charge in [0.25, 0.3) is 0 Å². The van der Waals surface area contributed by atoms with Crippen LogP contribution in [0.15, 0.2) is 23.1 Å². The Balaban J connectivity index is 2.20. The molecular weight excluding hydrogens is 185 g/mol. The first kappa shape index (κ1) is 9.03. The van der Waals surface area contributed by atoms with Crippen molar-refractivity contribution < 1.29 is 4.39 Å². The maximum Gasteiger partial charge on any atom is 0.123 e. The van der Waals surface area contributed by atoms with Crippen molar-refractivity contribution in [1.29, 1.82) is 0 Å². The third kappa shape index (κ3) is 2.03. The Bertz CT molecular complexity index is 334. The largest absolute Gasteiger partial charge is 0.317 e. The number of hydrogen-bond acceptors (Lipinski definition) is 2. The van der Waals surface area contributed by atoms with E-state index in [4.69, 9.17) is 5.73 Å².